The molecule has 1 rings (SSSR count). The van der Waals surface area contributed by atoms with Crippen molar-refractivity contribution in [1.29, 1.82) is 0 Å². The van der Waals surface area contributed by atoms with Crippen molar-refractivity contribution in [2.24, 2.45) is 11.7 Å². The van der Waals surface area contributed by atoms with Crippen LogP contribution in [0.4, 0.5) is 0 Å². The van der Waals surface area contributed by atoms with Crippen molar-refractivity contribution < 1.29 is 4.79 Å². The fourth-order valence-corrected chi connectivity index (χ4v) is 2.57. The Morgan fingerprint density at radius 3 is 2.76 bits per heavy atom. The van der Waals surface area contributed by atoms with Gasteiger partial charge in [-0.25, -0.2) is 0 Å². The molecule has 0 aromatic heterocycles. The number of rotatable bonds is 5. The molecule has 100 valence electrons. The minimum Gasteiger partial charge on any atom is -0.353 e. The van der Waals surface area contributed by atoms with Crippen LogP contribution in [-0.4, -0.2) is 18.0 Å². The zero-order chi connectivity index (χ0) is 12.7. The number of amides is 1. The van der Waals surface area contributed by atoms with Crippen LogP contribution < -0.4 is 11.1 Å². The first-order chi connectivity index (χ1) is 8.09. The Bertz CT molecular complexity index is 228. The predicted molar refractivity (Wildman–Crippen MR) is 71.7 cm³/mol. The number of hydrogen-bond donors (Lipinski definition) is 2. The third-order valence-corrected chi connectivity index (χ3v) is 3.77. The lowest BCUT2D eigenvalue weighted by Crippen LogP contribution is -2.38. The fraction of sp³-hybridized carbons (Fsp3) is 0.929. The maximum atomic E-state index is 11.8. The van der Waals surface area contributed by atoms with E-state index in [4.69, 9.17) is 5.73 Å². The standard InChI is InChI=1S/C14H28N2O/c1-11-7-4-3-5-9-13(11)16-14(17)10-6-8-12(2)15/h11-13H,3-10,15H2,1-2H3,(H,16,17). The highest BCUT2D eigenvalue weighted by molar-refractivity contribution is 5.76. The first-order valence-corrected chi connectivity index (χ1v) is 7.14. The third-order valence-electron chi connectivity index (χ3n) is 3.77. The Labute approximate surface area is 106 Å². The number of nitrogens with two attached hydrogens (primary N) is 1. The van der Waals surface area contributed by atoms with E-state index in [1.807, 2.05) is 6.92 Å². The van der Waals surface area contributed by atoms with Gasteiger partial charge in [-0.3, -0.25) is 4.79 Å². The topological polar surface area (TPSA) is 55.1 Å². The van der Waals surface area contributed by atoms with Gasteiger partial charge in [-0.05, 0) is 38.5 Å². The maximum absolute atomic E-state index is 11.8. The van der Waals surface area contributed by atoms with Gasteiger partial charge in [-0.15, -0.1) is 0 Å². The maximum Gasteiger partial charge on any atom is 0.220 e. The highest BCUT2D eigenvalue weighted by Gasteiger charge is 2.21. The van der Waals surface area contributed by atoms with Crippen molar-refractivity contribution in [3.8, 4) is 0 Å². The third kappa shape index (κ3) is 6.06. The minimum atomic E-state index is 0.208. The summed E-state index contributed by atoms with van der Waals surface area (Å²) in [4.78, 5) is 11.8. The molecule has 0 saturated heterocycles. The molecule has 0 spiro atoms. The normalized spacial score (nSPS) is 27.2. The van der Waals surface area contributed by atoms with E-state index in [1.165, 1.54) is 25.7 Å². The van der Waals surface area contributed by atoms with E-state index in [1.54, 1.807) is 0 Å². The van der Waals surface area contributed by atoms with Gasteiger partial charge in [0.2, 0.25) is 5.91 Å². The van der Waals surface area contributed by atoms with Gasteiger partial charge in [0.25, 0.3) is 0 Å². The molecule has 1 fully saturated rings. The molecule has 17 heavy (non-hydrogen) atoms. The monoisotopic (exact) mass is 240 g/mol. The summed E-state index contributed by atoms with van der Waals surface area (Å²) in [5, 5.41) is 3.20. The van der Waals surface area contributed by atoms with E-state index < -0.39 is 0 Å². The van der Waals surface area contributed by atoms with Crippen LogP contribution in [0.5, 0.6) is 0 Å². The fourth-order valence-electron chi connectivity index (χ4n) is 2.57. The number of hydrogen-bond acceptors (Lipinski definition) is 2. The Balaban J connectivity index is 2.23. The summed E-state index contributed by atoms with van der Waals surface area (Å²) >= 11 is 0. The van der Waals surface area contributed by atoms with Crippen molar-refractivity contribution in [1.82, 2.24) is 5.32 Å². The molecule has 3 nitrogen and oxygen atoms in total. The minimum absolute atomic E-state index is 0.208. The second-order valence-electron chi connectivity index (χ2n) is 5.66. The quantitative estimate of drug-likeness (QED) is 0.726. The zero-order valence-corrected chi connectivity index (χ0v) is 11.4. The molecule has 0 bridgehead atoms. The summed E-state index contributed by atoms with van der Waals surface area (Å²) in [5.41, 5.74) is 5.67. The number of nitrogens with one attached hydrogen (secondary N) is 1. The van der Waals surface area contributed by atoms with Crippen molar-refractivity contribution in [2.45, 2.75) is 77.3 Å². The van der Waals surface area contributed by atoms with E-state index in [2.05, 4.69) is 12.2 Å². The van der Waals surface area contributed by atoms with Gasteiger partial charge in [0.05, 0.1) is 0 Å². The van der Waals surface area contributed by atoms with Crippen LogP contribution in [0, 0.1) is 5.92 Å². The largest absolute Gasteiger partial charge is 0.353 e. The lowest BCUT2D eigenvalue weighted by molar-refractivity contribution is -0.122. The van der Waals surface area contributed by atoms with Crippen LogP contribution >= 0.6 is 0 Å². The van der Waals surface area contributed by atoms with E-state index in [9.17, 15) is 4.79 Å². The molecular formula is C14H28N2O. The van der Waals surface area contributed by atoms with E-state index in [0.29, 0.717) is 18.4 Å². The summed E-state index contributed by atoms with van der Waals surface area (Å²) in [5.74, 6) is 0.847. The van der Waals surface area contributed by atoms with Crippen molar-refractivity contribution in [2.75, 3.05) is 0 Å². The van der Waals surface area contributed by atoms with Crippen LogP contribution in [-0.2, 0) is 4.79 Å². The molecule has 1 aliphatic rings. The molecule has 1 aliphatic carbocycles. The van der Waals surface area contributed by atoms with Gasteiger partial charge in [0.15, 0.2) is 0 Å². The van der Waals surface area contributed by atoms with Crippen LogP contribution in [0.3, 0.4) is 0 Å². The molecule has 3 N–H and O–H groups in total. The summed E-state index contributed by atoms with van der Waals surface area (Å²) in [6.45, 7) is 4.25. The molecule has 0 aromatic rings. The molecule has 1 amide bonds. The molecule has 0 radical (unpaired) electrons. The number of carbonyl (C=O) groups is 1. The van der Waals surface area contributed by atoms with Crippen LogP contribution in [0.15, 0.2) is 0 Å². The summed E-state index contributed by atoms with van der Waals surface area (Å²) in [6.07, 6.45) is 8.78. The van der Waals surface area contributed by atoms with Crippen molar-refractivity contribution in [3.05, 3.63) is 0 Å². The van der Waals surface area contributed by atoms with Crippen LogP contribution in [0.1, 0.15) is 65.2 Å². The molecular weight excluding hydrogens is 212 g/mol. The first-order valence-electron chi connectivity index (χ1n) is 7.14. The van der Waals surface area contributed by atoms with E-state index in [-0.39, 0.29) is 11.9 Å². The second kappa shape index (κ2) is 7.70. The first kappa shape index (κ1) is 14.5. The molecule has 0 aromatic carbocycles. The summed E-state index contributed by atoms with van der Waals surface area (Å²) in [7, 11) is 0. The Kier molecular flexibility index (Phi) is 6.56. The van der Waals surface area contributed by atoms with Gasteiger partial charge >= 0.3 is 0 Å². The van der Waals surface area contributed by atoms with Gasteiger partial charge < -0.3 is 11.1 Å². The Hall–Kier alpha value is -0.570. The van der Waals surface area contributed by atoms with Crippen molar-refractivity contribution >= 4 is 5.91 Å². The van der Waals surface area contributed by atoms with Crippen molar-refractivity contribution in [3.63, 3.8) is 0 Å². The van der Waals surface area contributed by atoms with Gasteiger partial charge in [0.1, 0.15) is 0 Å². The summed E-state index contributed by atoms with van der Waals surface area (Å²) < 4.78 is 0. The van der Waals surface area contributed by atoms with Gasteiger partial charge in [-0.1, -0.05) is 26.2 Å². The summed E-state index contributed by atoms with van der Waals surface area (Å²) in [6, 6.07) is 0.611. The second-order valence-corrected chi connectivity index (χ2v) is 5.66. The molecule has 3 atom stereocenters. The Morgan fingerprint density at radius 2 is 2.06 bits per heavy atom. The lowest BCUT2D eigenvalue weighted by Gasteiger charge is -2.22. The van der Waals surface area contributed by atoms with Gasteiger partial charge in [-0.2, -0.15) is 0 Å². The average Bonchev–Trinajstić information content (AvgIpc) is 2.44. The highest BCUT2D eigenvalue weighted by Crippen LogP contribution is 2.23. The Morgan fingerprint density at radius 1 is 1.35 bits per heavy atom. The lowest BCUT2D eigenvalue weighted by atomic mass is 9.97. The molecule has 0 heterocycles. The molecule has 3 heteroatoms. The van der Waals surface area contributed by atoms with E-state index in [0.717, 1.165) is 19.3 Å². The van der Waals surface area contributed by atoms with Crippen LogP contribution in [0.2, 0.25) is 0 Å². The molecule has 0 aliphatic heterocycles. The SMILES string of the molecule is CC(N)CCCC(=O)NC1CCCCCC1C. The molecule has 3 unspecified atom stereocenters. The predicted octanol–water partition coefficient (Wildman–Crippen LogP) is 2.59. The van der Waals surface area contributed by atoms with E-state index >= 15 is 0 Å². The smallest absolute Gasteiger partial charge is 0.220 e. The van der Waals surface area contributed by atoms with Gasteiger partial charge in [0, 0.05) is 18.5 Å². The number of carbonyl (C=O) groups excluding carboxylic acids is 1. The highest BCUT2D eigenvalue weighted by atomic mass is 16.1. The average molecular weight is 240 g/mol. The molecule has 1 saturated carbocycles. The zero-order valence-electron chi connectivity index (χ0n) is 11.4. The van der Waals surface area contributed by atoms with Crippen LogP contribution in [0.25, 0.3) is 0 Å².